The molecule has 0 spiro atoms. The van der Waals surface area contributed by atoms with Crippen molar-refractivity contribution in [2.75, 3.05) is 67.1 Å². The highest BCUT2D eigenvalue weighted by Gasteiger charge is 2.13. The highest BCUT2D eigenvalue weighted by atomic mass is 33.1. The van der Waals surface area contributed by atoms with Crippen molar-refractivity contribution >= 4 is 69.2 Å². The Kier molecular flexibility index (Phi) is 16.2. The molecule has 3 aromatic rings. The number of hydrogen-bond donors (Lipinski definition) is 2. The van der Waals surface area contributed by atoms with Gasteiger partial charge >= 0.3 is 0 Å². The fourth-order valence-corrected chi connectivity index (χ4v) is 7.75. The molecule has 1 aromatic heterocycles. The third-order valence-corrected chi connectivity index (χ3v) is 11.3. The molecule has 2 fully saturated rings. The van der Waals surface area contributed by atoms with E-state index in [-0.39, 0.29) is 24.9 Å². The van der Waals surface area contributed by atoms with E-state index in [1.54, 1.807) is 33.9 Å². The highest BCUT2D eigenvalue weighted by molar-refractivity contribution is 8.76. The molecule has 52 heavy (non-hydrogen) atoms. The Labute approximate surface area is 317 Å². The zero-order valence-electron chi connectivity index (χ0n) is 30.0. The van der Waals surface area contributed by atoms with Gasteiger partial charge < -0.3 is 20.4 Å². The Morgan fingerprint density at radius 1 is 0.712 bits per heavy atom. The van der Waals surface area contributed by atoms with Crippen molar-refractivity contribution in [2.24, 2.45) is 4.99 Å². The Morgan fingerprint density at radius 3 is 1.75 bits per heavy atom. The van der Waals surface area contributed by atoms with Crippen molar-refractivity contribution in [3.05, 3.63) is 120 Å². The largest absolute Gasteiger partial charge is 0.372 e. The number of nitrogens with one attached hydrogen (secondary N) is 2. The molecule has 3 heterocycles. The van der Waals surface area contributed by atoms with Crippen LogP contribution in [0, 0.1) is 0 Å². The third kappa shape index (κ3) is 13.5. The first-order valence-electron chi connectivity index (χ1n) is 18.2. The lowest BCUT2D eigenvalue weighted by atomic mass is 10.1. The molecule has 0 bridgehead atoms. The number of rotatable bonds is 19. The summed E-state index contributed by atoms with van der Waals surface area (Å²) in [5.41, 5.74) is 6.89. The number of hydrogen-bond acceptors (Lipinski definition) is 7. The van der Waals surface area contributed by atoms with Crippen molar-refractivity contribution in [2.45, 2.75) is 32.2 Å². The van der Waals surface area contributed by atoms with Crippen LogP contribution in [-0.2, 0) is 16.1 Å². The van der Waals surface area contributed by atoms with Crippen LogP contribution in [0.5, 0.6) is 0 Å². The fourth-order valence-electron chi connectivity index (χ4n) is 5.94. The molecule has 2 aliphatic rings. The second-order valence-corrected chi connectivity index (χ2v) is 15.4. The summed E-state index contributed by atoms with van der Waals surface area (Å²) in [5.74, 6) is 1.44. The molecule has 2 N–H and O–H groups in total. The van der Waals surface area contributed by atoms with Gasteiger partial charge in [-0.15, -0.1) is 0 Å². The zero-order valence-corrected chi connectivity index (χ0v) is 31.6. The lowest BCUT2D eigenvalue weighted by Crippen LogP contribution is -2.42. The van der Waals surface area contributed by atoms with Crippen LogP contribution >= 0.6 is 21.6 Å². The average molecular weight is 736 g/mol. The normalized spacial score (nSPS) is 15.0. The minimum atomic E-state index is -0.111. The number of anilines is 2. The van der Waals surface area contributed by atoms with Gasteiger partial charge in [0.15, 0.2) is 12.4 Å². The van der Waals surface area contributed by atoms with Gasteiger partial charge in [0, 0.05) is 80.5 Å². The predicted octanol–water partition coefficient (Wildman–Crippen LogP) is 6.86. The summed E-state index contributed by atoms with van der Waals surface area (Å²) in [4.78, 5) is 33.7. The Balaban J connectivity index is 0.877. The predicted molar refractivity (Wildman–Crippen MR) is 223 cm³/mol. The minimum absolute atomic E-state index is 0.0153. The molecule has 0 unspecified atom stereocenters. The number of aliphatic imine (C=N–C) groups is 1. The van der Waals surface area contributed by atoms with Gasteiger partial charge in [-0.2, -0.15) is 4.57 Å². The van der Waals surface area contributed by atoms with Gasteiger partial charge in [-0.1, -0.05) is 82.8 Å². The standard InChI is InChI=1S/C42H50N6O2S2/c1-2-35(7-8-36-11-15-39(16-12-36)47-25-3-4-26-47)19-22-43-33-41(49)44-23-31-51-52-32-24-45-42(50)34-46-29-20-38(21-30-46)10-9-37-13-17-40(18-14-37)48-27-5-6-28-48/h2,7-22,29-30H,1,3-6,23-28,31-34H2,(H-,44,45,49,50)/p+1. The molecule has 272 valence electrons. The number of allylic oxidation sites excluding steroid dienone is 4. The van der Waals surface area contributed by atoms with Crippen LogP contribution in [0.15, 0.2) is 108 Å². The summed E-state index contributed by atoms with van der Waals surface area (Å²) in [5, 5.41) is 5.88. The highest BCUT2D eigenvalue weighted by Crippen LogP contribution is 2.22. The molecule has 0 saturated carbocycles. The fraction of sp³-hybridized carbons (Fsp3) is 0.333. The Hall–Kier alpha value is -4.54. The molecule has 10 heteroatoms. The van der Waals surface area contributed by atoms with Gasteiger partial charge in [0.05, 0.1) is 0 Å². The van der Waals surface area contributed by atoms with Crippen LogP contribution in [-0.4, -0.2) is 75.3 Å². The van der Waals surface area contributed by atoms with Gasteiger partial charge in [-0.25, -0.2) is 0 Å². The molecule has 5 rings (SSSR count). The van der Waals surface area contributed by atoms with Gasteiger partial charge in [-0.3, -0.25) is 14.6 Å². The average Bonchev–Trinajstić information content (AvgIpc) is 3.92. The molecule has 2 amide bonds. The van der Waals surface area contributed by atoms with Crippen LogP contribution in [0.2, 0.25) is 0 Å². The van der Waals surface area contributed by atoms with Crippen molar-refractivity contribution in [1.82, 2.24) is 10.6 Å². The maximum atomic E-state index is 12.4. The molecule has 0 atom stereocenters. The number of nitrogens with zero attached hydrogens (tertiary/aromatic N) is 4. The van der Waals surface area contributed by atoms with E-state index < -0.39 is 0 Å². The van der Waals surface area contributed by atoms with E-state index in [4.69, 9.17) is 0 Å². The van der Waals surface area contributed by atoms with Gasteiger partial charge in [0.1, 0.15) is 6.54 Å². The second-order valence-electron chi connectivity index (χ2n) is 12.7. The van der Waals surface area contributed by atoms with Crippen LogP contribution in [0.1, 0.15) is 42.4 Å². The lowest BCUT2D eigenvalue weighted by Gasteiger charge is -2.17. The van der Waals surface area contributed by atoms with Gasteiger partial charge in [0.2, 0.25) is 12.5 Å². The van der Waals surface area contributed by atoms with E-state index in [1.807, 2.05) is 41.2 Å². The summed E-state index contributed by atoms with van der Waals surface area (Å²) in [6.45, 7) is 10.00. The van der Waals surface area contributed by atoms with E-state index in [2.05, 4.69) is 98.8 Å². The third-order valence-electron chi connectivity index (χ3n) is 8.85. The Bertz CT molecular complexity index is 1690. The summed E-state index contributed by atoms with van der Waals surface area (Å²) in [6.07, 6.45) is 22.5. The maximum absolute atomic E-state index is 12.4. The first-order chi connectivity index (χ1) is 25.6. The maximum Gasteiger partial charge on any atom is 0.286 e. The number of carbonyl (C=O) groups is 2. The van der Waals surface area contributed by atoms with E-state index >= 15 is 0 Å². The van der Waals surface area contributed by atoms with E-state index in [0.29, 0.717) is 13.1 Å². The van der Waals surface area contributed by atoms with Gasteiger partial charge in [-0.05, 0) is 78.3 Å². The molecule has 0 aliphatic carbocycles. The van der Waals surface area contributed by atoms with E-state index in [1.165, 1.54) is 42.6 Å². The van der Waals surface area contributed by atoms with E-state index in [0.717, 1.165) is 54.4 Å². The molecule has 2 saturated heterocycles. The Morgan fingerprint density at radius 2 is 1.21 bits per heavy atom. The molecule has 2 aromatic carbocycles. The summed E-state index contributed by atoms with van der Waals surface area (Å²) >= 11 is 0. The number of benzene rings is 2. The van der Waals surface area contributed by atoms with E-state index in [9.17, 15) is 9.59 Å². The number of carbonyl (C=O) groups excluding carboxylic acids is 2. The number of pyridine rings is 1. The smallest absolute Gasteiger partial charge is 0.286 e. The van der Waals surface area contributed by atoms with Crippen molar-refractivity contribution in [3.63, 3.8) is 0 Å². The van der Waals surface area contributed by atoms with Gasteiger partial charge in [0.25, 0.3) is 5.91 Å². The first-order valence-corrected chi connectivity index (χ1v) is 20.7. The molecular formula is C42H51N6O2S2+. The topological polar surface area (TPSA) is 80.9 Å². The van der Waals surface area contributed by atoms with Crippen LogP contribution in [0.4, 0.5) is 11.4 Å². The molecule has 0 radical (unpaired) electrons. The zero-order chi connectivity index (χ0) is 36.2. The van der Waals surface area contributed by atoms with Crippen molar-refractivity contribution < 1.29 is 14.2 Å². The van der Waals surface area contributed by atoms with Crippen LogP contribution in [0.25, 0.3) is 18.2 Å². The first kappa shape index (κ1) is 38.7. The molecule has 8 nitrogen and oxygen atoms in total. The molecule has 2 aliphatic heterocycles. The second kappa shape index (κ2) is 21.7. The van der Waals surface area contributed by atoms with Crippen LogP contribution < -0.4 is 25.0 Å². The van der Waals surface area contributed by atoms with Crippen LogP contribution in [0.3, 0.4) is 0 Å². The summed E-state index contributed by atoms with van der Waals surface area (Å²) in [6, 6.07) is 21.4. The van der Waals surface area contributed by atoms with Crippen molar-refractivity contribution in [3.8, 4) is 0 Å². The van der Waals surface area contributed by atoms with Crippen molar-refractivity contribution in [1.29, 1.82) is 0 Å². The number of amides is 2. The number of aromatic nitrogens is 1. The summed E-state index contributed by atoms with van der Waals surface area (Å²) < 4.78 is 1.88. The minimum Gasteiger partial charge on any atom is -0.372 e. The molecular weight excluding hydrogens is 685 g/mol. The SMILES string of the molecule is C=CC(C=Cc1ccc(N2CCCC2)cc1)=CC=NCC(=O)NCCSSCCNC(=O)C[n+]1ccc(C=Cc2ccc(N3CCCC3)cc2)cc1. The summed E-state index contributed by atoms with van der Waals surface area (Å²) in [7, 11) is 3.36. The quantitative estimate of drug-likeness (QED) is 0.0461. The monoisotopic (exact) mass is 735 g/mol. The lowest BCUT2D eigenvalue weighted by molar-refractivity contribution is -0.684.